The van der Waals surface area contributed by atoms with E-state index in [9.17, 15) is 14.4 Å². The van der Waals surface area contributed by atoms with Gasteiger partial charge in [-0.15, -0.1) is 0 Å². The summed E-state index contributed by atoms with van der Waals surface area (Å²) in [5.41, 5.74) is 0. The molecule has 0 rings (SSSR count). The fourth-order valence-electron chi connectivity index (χ4n) is 8.52. The molecule has 0 radical (unpaired) electrons. The van der Waals surface area contributed by atoms with Crippen molar-refractivity contribution in [1.29, 1.82) is 0 Å². The fourth-order valence-corrected chi connectivity index (χ4v) is 8.52. The van der Waals surface area contributed by atoms with Crippen molar-refractivity contribution in [3.63, 3.8) is 0 Å². The molecule has 0 unspecified atom stereocenters. The van der Waals surface area contributed by atoms with E-state index in [4.69, 9.17) is 14.2 Å². The maximum absolute atomic E-state index is 12.8. The first-order chi connectivity index (χ1) is 30.2. The maximum atomic E-state index is 12.8. The molecule has 0 amide bonds. The van der Waals surface area contributed by atoms with Crippen LogP contribution in [-0.2, 0) is 28.6 Å². The molecule has 1 atom stereocenters. The second kappa shape index (κ2) is 48.9. The van der Waals surface area contributed by atoms with Crippen molar-refractivity contribution >= 4 is 17.9 Å². The van der Waals surface area contributed by atoms with Crippen LogP contribution in [0.3, 0.4) is 0 Å². The largest absolute Gasteiger partial charge is 0.462 e. The molecule has 0 aromatic carbocycles. The van der Waals surface area contributed by atoms with Gasteiger partial charge in [0.2, 0.25) is 0 Å². The van der Waals surface area contributed by atoms with Crippen LogP contribution in [0.25, 0.3) is 0 Å². The molecule has 0 heterocycles. The molecule has 6 heteroatoms. The summed E-state index contributed by atoms with van der Waals surface area (Å²) in [7, 11) is 0. The lowest BCUT2D eigenvalue weighted by molar-refractivity contribution is -0.167. The third kappa shape index (κ3) is 49.4. The van der Waals surface area contributed by atoms with Crippen LogP contribution in [0.15, 0.2) is 0 Å². The van der Waals surface area contributed by atoms with E-state index in [2.05, 4.69) is 34.6 Å². The number of carbonyl (C=O) groups excluding carboxylic acids is 3. The summed E-state index contributed by atoms with van der Waals surface area (Å²) >= 11 is 0. The van der Waals surface area contributed by atoms with E-state index in [0.29, 0.717) is 19.3 Å². The lowest BCUT2D eigenvalue weighted by atomic mass is 10.0. The zero-order valence-electron chi connectivity index (χ0n) is 42.5. The minimum atomic E-state index is -0.762. The van der Waals surface area contributed by atoms with Gasteiger partial charge in [0.15, 0.2) is 6.10 Å². The van der Waals surface area contributed by atoms with Gasteiger partial charge in [-0.25, -0.2) is 0 Å². The van der Waals surface area contributed by atoms with Crippen LogP contribution in [-0.4, -0.2) is 37.2 Å². The van der Waals surface area contributed by atoms with Gasteiger partial charge < -0.3 is 14.2 Å². The lowest BCUT2D eigenvalue weighted by Crippen LogP contribution is -2.30. The third-order valence-electron chi connectivity index (χ3n) is 12.7. The molecule has 6 nitrogen and oxygen atoms in total. The molecule has 0 N–H and O–H groups in total. The highest BCUT2D eigenvalue weighted by atomic mass is 16.6. The minimum Gasteiger partial charge on any atom is -0.462 e. The van der Waals surface area contributed by atoms with Crippen LogP contribution in [0.2, 0.25) is 0 Å². The summed E-state index contributed by atoms with van der Waals surface area (Å²) in [6.45, 7) is 11.4. The van der Waals surface area contributed by atoms with E-state index < -0.39 is 6.10 Å². The summed E-state index contributed by atoms with van der Waals surface area (Å²) in [6.07, 6.45) is 50.9. The predicted molar refractivity (Wildman–Crippen MR) is 266 cm³/mol. The van der Waals surface area contributed by atoms with Crippen molar-refractivity contribution in [1.82, 2.24) is 0 Å². The third-order valence-corrected chi connectivity index (χ3v) is 12.7. The number of unbranched alkanes of at least 4 members (excludes halogenated alkanes) is 35. The average Bonchev–Trinajstić information content (AvgIpc) is 3.24. The SMILES string of the molecule is CCCCCCCCCCCCCCC(=O)OC[C@@H](COC(=O)CCCCCCCCCCCCCCCCC(C)C)OC(=O)CCCCCCCCCCCCCCC(C)C. The van der Waals surface area contributed by atoms with Crippen LogP contribution in [0.1, 0.15) is 311 Å². The first-order valence-corrected chi connectivity index (χ1v) is 27.7. The molecule has 0 fully saturated rings. The first kappa shape index (κ1) is 60.4. The van der Waals surface area contributed by atoms with Crippen LogP contribution in [0, 0.1) is 11.8 Å². The Morgan fingerprint density at radius 2 is 0.532 bits per heavy atom. The molecule has 0 aromatic rings. The number of ether oxygens (including phenoxy) is 3. The number of hydrogen-bond acceptors (Lipinski definition) is 6. The summed E-state index contributed by atoms with van der Waals surface area (Å²) in [5, 5.41) is 0. The average molecular weight is 877 g/mol. The van der Waals surface area contributed by atoms with Gasteiger partial charge in [0.25, 0.3) is 0 Å². The van der Waals surface area contributed by atoms with E-state index in [1.807, 2.05) is 0 Å². The van der Waals surface area contributed by atoms with Gasteiger partial charge in [0.1, 0.15) is 13.2 Å². The Balaban J connectivity index is 4.29. The number of esters is 3. The number of rotatable bonds is 50. The van der Waals surface area contributed by atoms with Gasteiger partial charge in [-0.1, -0.05) is 272 Å². The molecule has 0 saturated heterocycles. The van der Waals surface area contributed by atoms with Gasteiger partial charge in [-0.3, -0.25) is 14.4 Å². The van der Waals surface area contributed by atoms with E-state index in [1.54, 1.807) is 0 Å². The summed E-state index contributed by atoms with van der Waals surface area (Å²) in [6, 6.07) is 0. The van der Waals surface area contributed by atoms with Crippen molar-refractivity contribution in [2.24, 2.45) is 11.8 Å². The molecule has 0 aliphatic carbocycles. The molecule has 62 heavy (non-hydrogen) atoms. The van der Waals surface area contributed by atoms with Crippen molar-refractivity contribution in [3.8, 4) is 0 Å². The van der Waals surface area contributed by atoms with E-state index >= 15 is 0 Å². The molecule has 368 valence electrons. The predicted octanol–water partition coefficient (Wildman–Crippen LogP) is 18.1. The fraction of sp³-hybridized carbons (Fsp3) is 0.946. The van der Waals surface area contributed by atoms with Crippen molar-refractivity contribution in [3.05, 3.63) is 0 Å². The van der Waals surface area contributed by atoms with Gasteiger partial charge in [-0.05, 0) is 31.1 Å². The minimum absolute atomic E-state index is 0.0630. The Hall–Kier alpha value is -1.59. The Kier molecular flexibility index (Phi) is 47.6. The van der Waals surface area contributed by atoms with Crippen LogP contribution in [0.4, 0.5) is 0 Å². The standard InChI is InChI=1S/C56H108O6/c1-6-7-8-9-10-11-12-21-26-31-36-41-46-54(57)60-49-53(62-56(59)48-43-38-33-28-23-18-17-20-25-30-35-40-45-52(4)5)50-61-55(58)47-42-37-32-27-22-16-14-13-15-19-24-29-34-39-44-51(2)3/h51-53H,6-50H2,1-5H3/t53-/m0/s1. The van der Waals surface area contributed by atoms with Crippen LogP contribution >= 0.6 is 0 Å². The Labute approximate surface area is 387 Å². The molecule has 0 saturated carbocycles. The van der Waals surface area contributed by atoms with Crippen molar-refractivity contribution in [2.45, 2.75) is 317 Å². The van der Waals surface area contributed by atoms with Crippen molar-refractivity contribution in [2.75, 3.05) is 13.2 Å². The monoisotopic (exact) mass is 877 g/mol. The quantitative estimate of drug-likeness (QED) is 0.0344. The Bertz CT molecular complexity index is 947. The highest BCUT2D eigenvalue weighted by Crippen LogP contribution is 2.18. The smallest absolute Gasteiger partial charge is 0.306 e. The van der Waals surface area contributed by atoms with Gasteiger partial charge in [0.05, 0.1) is 0 Å². The van der Waals surface area contributed by atoms with Gasteiger partial charge >= 0.3 is 17.9 Å². The van der Waals surface area contributed by atoms with E-state index in [-0.39, 0.29) is 31.1 Å². The Morgan fingerprint density at radius 3 is 0.790 bits per heavy atom. The maximum Gasteiger partial charge on any atom is 0.306 e. The zero-order valence-corrected chi connectivity index (χ0v) is 42.5. The second-order valence-electron chi connectivity index (χ2n) is 20.2. The van der Waals surface area contributed by atoms with E-state index in [1.165, 1.54) is 199 Å². The molecule has 0 spiro atoms. The Morgan fingerprint density at radius 1 is 0.306 bits per heavy atom. The van der Waals surface area contributed by atoms with Gasteiger partial charge in [0, 0.05) is 19.3 Å². The van der Waals surface area contributed by atoms with Crippen LogP contribution in [0.5, 0.6) is 0 Å². The number of carbonyl (C=O) groups is 3. The normalized spacial score (nSPS) is 12.0. The second-order valence-corrected chi connectivity index (χ2v) is 20.2. The van der Waals surface area contributed by atoms with Gasteiger partial charge in [-0.2, -0.15) is 0 Å². The molecule has 0 aromatic heterocycles. The molecule has 0 aliphatic heterocycles. The summed E-state index contributed by atoms with van der Waals surface area (Å²) in [4.78, 5) is 38.0. The molecule has 0 aliphatic rings. The number of hydrogen-bond donors (Lipinski definition) is 0. The van der Waals surface area contributed by atoms with E-state index in [0.717, 1.165) is 69.6 Å². The van der Waals surface area contributed by atoms with Crippen molar-refractivity contribution < 1.29 is 28.6 Å². The first-order valence-electron chi connectivity index (χ1n) is 27.7. The highest BCUT2D eigenvalue weighted by Gasteiger charge is 2.19. The lowest BCUT2D eigenvalue weighted by Gasteiger charge is -2.18. The molecule has 0 bridgehead atoms. The topological polar surface area (TPSA) is 78.9 Å². The highest BCUT2D eigenvalue weighted by molar-refractivity contribution is 5.71. The van der Waals surface area contributed by atoms with Crippen LogP contribution < -0.4 is 0 Å². The molecular formula is C56H108O6. The zero-order chi connectivity index (χ0) is 45.4. The summed E-state index contributed by atoms with van der Waals surface area (Å²) < 4.78 is 16.9. The summed E-state index contributed by atoms with van der Waals surface area (Å²) in [5.74, 6) is 0.835. The molecular weight excluding hydrogens is 769 g/mol.